The molecule has 0 radical (unpaired) electrons. The number of carbonyl (C=O) groups is 2. The second-order valence-corrected chi connectivity index (χ2v) is 10.8. The van der Waals surface area contributed by atoms with Gasteiger partial charge in [-0.3, -0.25) is 9.59 Å². The number of amides is 1. The van der Waals surface area contributed by atoms with Gasteiger partial charge in [-0.25, -0.2) is 0 Å². The molecular formula is C30H37N7O4. The minimum atomic E-state index is -0.633. The maximum Gasteiger partial charge on any atom is 0.298 e. The van der Waals surface area contributed by atoms with Crippen molar-refractivity contribution in [3.63, 3.8) is 0 Å². The number of nitrogens with zero attached hydrogens (tertiary/aromatic N) is 5. The molecule has 2 aliphatic rings. The molecule has 1 amide bonds. The van der Waals surface area contributed by atoms with Crippen LogP contribution in [0.4, 0.5) is 11.9 Å². The summed E-state index contributed by atoms with van der Waals surface area (Å²) in [5.74, 6) is 3.04. The van der Waals surface area contributed by atoms with Crippen LogP contribution in [-0.4, -0.2) is 81.2 Å². The number of fused-ring (bicyclic) bond motifs is 1. The van der Waals surface area contributed by atoms with Gasteiger partial charge >= 0.3 is 0 Å². The van der Waals surface area contributed by atoms with Crippen molar-refractivity contribution in [2.45, 2.75) is 64.1 Å². The Bertz CT molecular complexity index is 1420. The highest BCUT2D eigenvalue weighted by Crippen LogP contribution is 2.23. The van der Waals surface area contributed by atoms with Crippen LogP contribution in [0, 0.1) is 12.3 Å². The minimum absolute atomic E-state index is 0.0515. The fourth-order valence-electron chi connectivity index (χ4n) is 5.21. The highest BCUT2D eigenvalue weighted by Gasteiger charge is 2.31. The monoisotopic (exact) mass is 559 g/mol. The summed E-state index contributed by atoms with van der Waals surface area (Å²) < 4.78 is 12.7. The molecule has 1 unspecified atom stereocenters. The highest BCUT2D eigenvalue weighted by molar-refractivity contribution is 5.97. The summed E-state index contributed by atoms with van der Waals surface area (Å²) in [6, 6.07) is 7.71. The van der Waals surface area contributed by atoms with E-state index in [0.29, 0.717) is 38.0 Å². The van der Waals surface area contributed by atoms with Crippen molar-refractivity contribution in [1.82, 2.24) is 24.5 Å². The summed E-state index contributed by atoms with van der Waals surface area (Å²) in [4.78, 5) is 36.0. The van der Waals surface area contributed by atoms with E-state index in [1.54, 1.807) is 4.52 Å². The standard InChI is InChI=1S/C30H37N7O4/c1-4-27(39)36-12-15-41-19-25(36)26(38)9-8-21-6-5-7-22(16-21)17-31-30-35-29(33-23-10-13-40-14-11-23)34-28-24(20(2)3)18-32-37(28)30/h1,5-7,16,18,20,23,25H,8-15,17,19H2,2-3H3,(H2,31,33,34,35). The molecule has 0 saturated carbocycles. The lowest BCUT2D eigenvalue weighted by Gasteiger charge is -2.33. The summed E-state index contributed by atoms with van der Waals surface area (Å²) in [6.45, 7) is 7.12. The van der Waals surface area contributed by atoms with E-state index in [4.69, 9.17) is 25.9 Å². The van der Waals surface area contributed by atoms with Crippen LogP contribution in [0.5, 0.6) is 0 Å². The van der Waals surface area contributed by atoms with Gasteiger partial charge in [0.1, 0.15) is 6.04 Å². The van der Waals surface area contributed by atoms with Crippen LogP contribution in [0.1, 0.15) is 55.7 Å². The molecule has 3 aromatic rings. The molecule has 2 fully saturated rings. The Morgan fingerprint density at radius 1 is 1.15 bits per heavy atom. The lowest BCUT2D eigenvalue weighted by atomic mass is 10.0. The SMILES string of the molecule is C#CC(=O)N1CCOCC1C(=O)CCc1cccc(CNc2nc(NC3CCOCC3)nc3c(C(C)C)cnn23)c1. The van der Waals surface area contributed by atoms with E-state index in [1.807, 2.05) is 24.4 Å². The van der Waals surface area contributed by atoms with Gasteiger partial charge in [-0.2, -0.15) is 19.6 Å². The summed E-state index contributed by atoms with van der Waals surface area (Å²) in [6.07, 6.45) is 9.81. The van der Waals surface area contributed by atoms with Crippen LogP contribution < -0.4 is 10.6 Å². The molecule has 4 heterocycles. The van der Waals surface area contributed by atoms with Gasteiger partial charge in [0.25, 0.3) is 5.91 Å². The van der Waals surface area contributed by atoms with E-state index in [0.717, 1.165) is 48.4 Å². The zero-order valence-corrected chi connectivity index (χ0v) is 23.6. The van der Waals surface area contributed by atoms with E-state index in [1.165, 1.54) is 4.90 Å². The molecule has 2 N–H and O–H groups in total. The van der Waals surface area contributed by atoms with Crippen molar-refractivity contribution < 1.29 is 19.1 Å². The topological polar surface area (TPSA) is 123 Å². The first-order valence-electron chi connectivity index (χ1n) is 14.2. The Balaban J connectivity index is 1.27. The van der Waals surface area contributed by atoms with E-state index in [9.17, 15) is 9.59 Å². The number of rotatable bonds is 10. The minimum Gasteiger partial charge on any atom is -0.381 e. The van der Waals surface area contributed by atoms with E-state index >= 15 is 0 Å². The first-order valence-corrected chi connectivity index (χ1v) is 14.2. The van der Waals surface area contributed by atoms with Crippen molar-refractivity contribution in [3.05, 3.63) is 47.2 Å². The van der Waals surface area contributed by atoms with Crippen molar-refractivity contribution in [3.8, 4) is 12.3 Å². The molecule has 1 aromatic carbocycles. The fraction of sp³-hybridized carbons (Fsp3) is 0.500. The first-order chi connectivity index (χ1) is 19.9. The van der Waals surface area contributed by atoms with Crippen LogP contribution in [0.25, 0.3) is 5.65 Å². The summed E-state index contributed by atoms with van der Waals surface area (Å²) in [5.41, 5.74) is 3.91. The van der Waals surface area contributed by atoms with E-state index in [-0.39, 0.29) is 30.8 Å². The molecule has 0 spiro atoms. The quantitative estimate of drug-likeness (QED) is 0.361. The first kappa shape index (κ1) is 28.5. The molecule has 41 heavy (non-hydrogen) atoms. The number of morpholine rings is 1. The molecule has 11 nitrogen and oxygen atoms in total. The number of ether oxygens (including phenoxy) is 2. The largest absolute Gasteiger partial charge is 0.381 e. The van der Waals surface area contributed by atoms with Crippen molar-refractivity contribution in [1.29, 1.82) is 0 Å². The summed E-state index contributed by atoms with van der Waals surface area (Å²) >= 11 is 0. The van der Waals surface area contributed by atoms with Gasteiger partial charge in [0.05, 0.1) is 19.4 Å². The van der Waals surface area contributed by atoms with Gasteiger partial charge in [-0.15, -0.1) is 6.42 Å². The van der Waals surface area contributed by atoms with E-state index < -0.39 is 11.9 Å². The third-order valence-corrected chi connectivity index (χ3v) is 7.56. The Hall–Kier alpha value is -4.01. The number of hydrogen-bond donors (Lipinski definition) is 2. The molecule has 2 aromatic heterocycles. The average Bonchev–Trinajstić information content (AvgIpc) is 3.43. The lowest BCUT2D eigenvalue weighted by Crippen LogP contribution is -2.52. The molecular weight excluding hydrogens is 522 g/mol. The van der Waals surface area contributed by atoms with Crippen LogP contribution in [0.15, 0.2) is 30.5 Å². The predicted molar refractivity (Wildman–Crippen MR) is 155 cm³/mol. The Morgan fingerprint density at radius 2 is 1.95 bits per heavy atom. The highest BCUT2D eigenvalue weighted by atomic mass is 16.5. The van der Waals surface area contributed by atoms with Gasteiger partial charge in [-0.1, -0.05) is 38.1 Å². The number of terminal acetylenes is 1. The van der Waals surface area contributed by atoms with Crippen LogP contribution in [0.2, 0.25) is 0 Å². The van der Waals surface area contributed by atoms with Gasteiger partial charge in [0.15, 0.2) is 11.4 Å². The number of nitrogens with one attached hydrogen (secondary N) is 2. The zero-order chi connectivity index (χ0) is 28.8. The maximum atomic E-state index is 13.0. The van der Waals surface area contributed by atoms with E-state index in [2.05, 4.69) is 41.6 Å². The normalized spacial score (nSPS) is 17.9. The van der Waals surface area contributed by atoms with Gasteiger partial charge in [0, 0.05) is 44.3 Å². The number of Topliss-reactive ketones (excluding diaryl/α,β-unsaturated/α-hetero) is 1. The lowest BCUT2D eigenvalue weighted by molar-refractivity contribution is -0.143. The second kappa shape index (κ2) is 13.1. The smallest absolute Gasteiger partial charge is 0.298 e. The van der Waals surface area contributed by atoms with Crippen molar-refractivity contribution in [2.24, 2.45) is 0 Å². The van der Waals surface area contributed by atoms with Gasteiger partial charge in [-0.05, 0) is 42.2 Å². The molecule has 5 rings (SSSR count). The van der Waals surface area contributed by atoms with Crippen LogP contribution in [-0.2, 0) is 32.0 Å². The van der Waals surface area contributed by atoms with Crippen molar-refractivity contribution in [2.75, 3.05) is 43.6 Å². The number of aromatic nitrogens is 4. The molecule has 0 aliphatic carbocycles. The second-order valence-electron chi connectivity index (χ2n) is 10.8. The molecule has 1 atom stereocenters. The Labute approximate surface area is 240 Å². The van der Waals surface area contributed by atoms with Gasteiger partial charge < -0.3 is 25.0 Å². The fourth-order valence-corrected chi connectivity index (χ4v) is 5.21. The molecule has 2 saturated heterocycles. The zero-order valence-electron chi connectivity index (χ0n) is 23.6. The van der Waals surface area contributed by atoms with Crippen molar-refractivity contribution >= 4 is 29.2 Å². The predicted octanol–water partition coefficient (Wildman–Crippen LogP) is 2.81. The number of hydrogen-bond acceptors (Lipinski definition) is 9. The third kappa shape index (κ3) is 6.84. The number of anilines is 2. The average molecular weight is 560 g/mol. The Kier molecular flexibility index (Phi) is 9.11. The molecule has 2 aliphatic heterocycles. The van der Waals surface area contributed by atoms with Crippen LogP contribution >= 0.6 is 0 Å². The van der Waals surface area contributed by atoms with Crippen LogP contribution in [0.3, 0.4) is 0 Å². The van der Waals surface area contributed by atoms with Gasteiger partial charge in [0.2, 0.25) is 11.9 Å². The summed E-state index contributed by atoms with van der Waals surface area (Å²) in [7, 11) is 0. The Morgan fingerprint density at radius 3 is 2.73 bits per heavy atom. The number of aryl methyl sites for hydroxylation is 1. The molecule has 0 bridgehead atoms. The third-order valence-electron chi connectivity index (χ3n) is 7.56. The maximum absolute atomic E-state index is 13.0. The number of benzene rings is 1. The molecule has 11 heteroatoms. The summed E-state index contributed by atoms with van der Waals surface area (Å²) in [5, 5.41) is 11.5. The number of carbonyl (C=O) groups excluding carboxylic acids is 2. The molecule has 216 valence electrons. The number of ketones is 1.